The lowest BCUT2D eigenvalue weighted by atomic mass is 10.1. The van der Waals surface area contributed by atoms with E-state index in [9.17, 15) is 0 Å². The number of rotatable bonds is 6. The number of unbranched alkanes of at least 4 members (excludes halogenated alkanes) is 4. The standard InChI is InChI=1S/C12H23N.2C2H6/c1-2-3-4-5-7-10-13-11-8-6-9-12-13;2*1-2/h6,8H,2-5,7,9-12H2,1H3;2*1-2H3. The Balaban J connectivity index is 0. The predicted molar refractivity (Wildman–Crippen MR) is 81.7 cm³/mol. The van der Waals surface area contributed by atoms with Crippen molar-refractivity contribution in [3.63, 3.8) is 0 Å². The first-order chi connectivity index (χ1) is 8.43. The average molecular weight is 241 g/mol. The molecular weight excluding hydrogens is 206 g/mol. The summed E-state index contributed by atoms with van der Waals surface area (Å²) < 4.78 is 0. The third-order valence-corrected chi connectivity index (χ3v) is 2.72. The summed E-state index contributed by atoms with van der Waals surface area (Å²) in [5, 5.41) is 0. The quantitative estimate of drug-likeness (QED) is 0.452. The minimum absolute atomic E-state index is 1.19. The maximum Gasteiger partial charge on any atom is 0.0163 e. The van der Waals surface area contributed by atoms with Crippen LogP contribution < -0.4 is 0 Å². The van der Waals surface area contributed by atoms with Crippen LogP contribution in [0, 0.1) is 0 Å². The van der Waals surface area contributed by atoms with E-state index in [-0.39, 0.29) is 0 Å². The molecule has 0 amide bonds. The van der Waals surface area contributed by atoms with E-state index in [2.05, 4.69) is 24.0 Å². The number of hydrogen-bond acceptors (Lipinski definition) is 1. The smallest absolute Gasteiger partial charge is 0.0163 e. The van der Waals surface area contributed by atoms with E-state index in [1.54, 1.807) is 0 Å². The first-order valence-electron chi connectivity index (χ1n) is 7.81. The summed E-state index contributed by atoms with van der Waals surface area (Å²) in [6.45, 7) is 14.1. The van der Waals surface area contributed by atoms with E-state index in [1.165, 1.54) is 58.2 Å². The molecule has 0 bridgehead atoms. The van der Waals surface area contributed by atoms with E-state index in [1.807, 2.05) is 27.7 Å². The molecule has 0 unspecified atom stereocenters. The van der Waals surface area contributed by atoms with E-state index in [0.29, 0.717) is 0 Å². The van der Waals surface area contributed by atoms with Crippen molar-refractivity contribution >= 4 is 0 Å². The molecule has 0 fully saturated rings. The molecule has 1 aliphatic heterocycles. The highest BCUT2D eigenvalue weighted by Crippen LogP contribution is 2.06. The van der Waals surface area contributed by atoms with Crippen molar-refractivity contribution in [1.29, 1.82) is 0 Å². The van der Waals surface area contributed by atoms with E-state index in [4.69, 9.17) is 0 Å². The van der Waals surface area contributed by atoms with Gasteiger partial charge in [-0.1, -0.05) is 72.5 Å². The van der Waals surface area contributed by atoms with Gasteiger partial charge in [-0.05, 0) is 19.4 Å². The molecule has 1 aliphatic rings. The normalized spacial score (nSPS) is 14.4. The van der Waals surface area contributed by atoms with Gasteiger partial charge in [0.1, 0.15) is 0 Å². The lowest BCUT2D eigenvalue weighted by Crippen LogP contribution is -2.28. The molecule has 0 saturated carbocycles. The van der Waals surface area contributed by atoms with Crippen molar-refractivity contribution in [3.8, 4) is 0 Å². The van der Waals surface area contributed by atoms with Crippen LogP contribution in [0.4, 0.5) is 0 Å². The van der Waals surface area contributed by atoms with Crippen LogP contribution >= 0.6 is 0 Å². The fourth-order valence-corrected chi connectivity index (χ4v) is 1.83. The predicted octanol–water partition coefficient (Wildman–Crippen LogP) is 5.27. The van der Waals surface area contributed by atoms with Crippen LogP contribution in [-0.4, -0.2) is 24.5 Å². The zero-order valence-corrected chi connectivity index (χ0v) is 13.0. The Kier molecular flexibility index (Phi) is 20.3. The Labute approximate surface area is 110 Å². The van der Waals surface area contributed by atoms with Crippen LogP contribution in [0.1, 0.15) is 73.1 Å². The first-order valence-corrected chi connectivity index (χ1v) is 7.81. The molecule has 0 aromatic rings. The van der Waals surface area contributed by atoms with Gasteiger partial charge in [-0.15, -0.1) is 0 Å². The summed E-state index contributed by atoms with van der Waals surface area (Å²) in [7, 11) is 0. The molecule has 104 valence electrons. The highest BCUT2D eigenvalue weighted by atomic mass is 15.1. The fraction of sp³-hybridized carbons (Fsp3) is 0.875. The number of nitrogens with zero attached hydrogens (tertiary/aromatic N) is 1. The topological polar surface area (TPSA) is 3.24 Å². The van der Waals surface area contributed by atoms with Crippen LogP contribution in [-0.2, 0) is 0 Å². The van der Waals surface area contributed by atoms with Gasteiger partial charge >= 0.3 is 0 Å². The van der Waals surface area contributed by atoms with E-state index >= 15 is 0 Å². The molecule has 0 aromatic carbocycles. The molecule has 1 heterocycles. The molecule has 17 heavy (non-hydrogen) atoms. The lowest BCUT2D eigenvalue weighted by molar-refractivity contribution is 0.290. The molecule has 1 rings (SSSR count). The largest absolute Gasteiger partial charge is 0.299 e. The van der Waals surface area contributed by atoms with Gasteiger partial charge in [0.15, 0.2) is 0 Å². The molecule has 0 aliphatic carbocycles. The minimum atomic E-state index is 1.19. The molecule has 1 nitrogen and oxygen atoms in total. The Morgan fingerprint density at radius 2 is 1.53 bits per heavy atom. The van der Waals surface area contributed by atoms with Crippen LogP contribution in [0.3, 0.4) is 0 Å². The third kappa shape index (κ3) is 13.6. The maximum absolute atomic E-state index is 2.56. The number of hydrogen-bond donors (Lipinski definition) is 0. The summed E-state index contributed by atoms with van der Waals surface area (Å²) in [6, 6.07) is 0. The Morgan fingerprint density at radius 1 is 0.882 bits per heavy atom. The van der Waals surface area contributed by atoms with Crippen molar-refractivity contribution < 1.29 is 0 Å². The van der Waals surface area contributed by atoms with Gasteiger partial charge < -0.3 is 0 Å². The van der Waals surface area contributed by atoms with Crippen LogP contribution in [0.15, 0.2) is 12.2 Å². The van der Waals surface area contributed by atoms with E-state index in [0.717, 1.165) is 0 Å². The van der Waals surface area contributed by atoms with Gasteiger partial charge in [0.25, 0.3) is 0 Å². The van der Waals surface area contributed by atoms with Crippen molar-refractivity contribution in [3.05, 3.63) is 12.2 Å². The van der Waals surface area contributed by atoms with Crippen LogP contribution in [0.2, 0.25) is 0 Å². The van der Waals surface area contributed by atoms with Crippen molar-refractivity contribution in [2.45, 2.75) is 73.1 Å². The molecule has 1 heteroatoms. The van der Waals surface area contributed by atoms with Crippen molar-refractivity contribution in [2.75, 3.05) is 19.6 Å². The summed E-state index contributed by atoms with van der Waals surface area (Å²) >= 11 is 0. The van der Waals surface area contributed by atoms with Gasteiger partial charge in [-0.3, -0.25) is 4.90 Å². The second kappa shape index (κ2) is 18.1. The highest BCUT2D eigenvalue weighted by molar-refractivity contribution is 4.90. The molecular formula is C16H35N. The van der Waals surface area contributed by atoms with Gasteiger partial charge in [-0.25, -0.2) is 0 Å². The molecule has 0 N–H and O–H groups in total. The van der Waals surface area contributed by atoms with Gasteiger partial charge in [-0.2, -0.15) is 0 Å². The highest BCUT2D eigenvalue weighted by Gasteiger charge is 2.04. The van der Waals surface area contributed by atoms with Gasteiger partial charge in [0.05, 0.1) is 0 Å². The van der Waals surface area contributed by atoms with Crippen molar-refractivity contribution in [1.82, 2.24) is 4.90 Å². The Morgan fingerprint density at radius 3 is 2.06 bits per heavy atom. The van der Waals surface area contributed by atoms with Crippen LogP contribution in [0.5, 0.6) is 0 Å². The first kappa shape index (κ1) is 19.0. The average Bonchev–Trinajstić information content (AvgIpc) is 2.44. The van der Waals surface area contributed by atoms with Crippen LogP contribution in [0.25, 0.3) is 0 Å². The molecule has 0 spiro atoms. The van der Waals surface area contributed by atoms with Crippen molar-refractivity contribution in [2.24, 2.45) is 0 Å². The zero-order valence-electron chi connectivity index (χ0n) is 13.0. The molecule has 0 atom stereocenters. The second-order valence-corrected chi connectivity index (χ2v) is 3.97. The summed E-state index contributed by atoms with van der Waals surface area (Å²) in [4.78, 5) is 2.56. The fourth-order valence-electron chi connectivity index (χ4n) is 1.83. The van der Waals surface area contributed by atoms with Gasteiger partial charge in [0.2, 0.25) is 0 Å². The second-order valence-electron chi connectivity index (χ2n) is 3.97. The molecule has 0 radical (unpaired) electrons. The molecule has 0 saturated heterocycles. The van der Waals surface area contributed by atoms with E-state index < -0.39 is 0 Å². The summed E-state index contributed by atoms with van der Waals surface area (Å²) in [5.74, 6) is 0. The summed E-state index contributed by atoms with van der Waals surface area (Å²) in [6.07, 6.45) is 12.9. The molecule has 0 aromatic heterocycles. The van der Waals surface area contributed by atoms with Gasteiger partial charge in [0, 0.05) is 13.1 Å². The monoisotopic (exact) mass is 241 g/mol. The summed E-state index contributed by atoms with van der Waals surface area (Å²) in [5.41, 5.74) is 0. The minimum Gasteiger partial charge on any atom is -0.299 e. The third-order valence-electron chi connectivity index (χ3n) is 2.72. The SMILES string of the molecule is CC.CC.CCCCCCCN1CC=CCC1. The zero-order chi connectivity index (χ0) is 13.4. The maximum atomic E-state index is 2.56. The lowest BCUT2D eigenvalue weighted by Gasteiger charge is -2.22. The Hall–Kier alpha value is -0.300. The Bertz CT molecular complexity index is 140.